The number of carbonyl (C=O) groups is 1. The number of nitrogens with one attached hydrogen (secondary N) is 1. The van der Waals surface area contributed by atoms with Gasteiger partial charge in [-0.25, -0.2) is 0 Å². The first-order valence-corrected chi connectivity index (χ1v) is 6.82. The Balaban J connectivity index is 1.73. The van der Waals surface area contributed by atoms with Gasteiger partial charge in [0.15, 0.2) is 0 Å². The maximum Gasteiger partial charge on any atom is 0.224 e. The van der Waals surface area contributed by atoms with Crippen LogP contribution in [0.4, 0.5) is 0 Å². The monoisotopic (exact) mass is 282 g/mol. The van der Waals surface area contributed by atoms with Crippen LogP contribution in [0, 0.1) is 0 Å². The second-order valence-corrected chi connectivity index (χ2v) is 5.30. The molecule has 1 fully saturated rings. The smallest absolute Gasteiger partial charge is 0.224 e. The Morgan fingerprint density at radius 3 is 2.89 bits per heavy atom. The highest BCUT2D eigenvalue weighted by Gasteiger charge is 2.18. The lowest BCUT2D eigenvalue weighted by molar-refractivity contribution is -0.121. The first-order chi connectivity index (χ1) is 9.13. The van der Waals surface area contributed by atoms with Gasteiger partial charge < -0.3 is 15.0 Å². The predicted octanol–water partition coefficient (Wildman–Crippen LogP) is 1.33. The van der Waals surface area contributed by atoms with E-state index in [1.165, 1.54) is 0 Å². The molecule has 1 N–H and O–H groups in total. The molecule has 1 aliphatic rings. The molecule has 0 aromatic heterocycles. The van der Waals surface area contributed by atoms with E-state index in [9.17, 15) is 4.79 Å². The van der Waals surface area contributed by atoms with E-state index < -0.39 is 0 Å². The minimum Gasteiger partial charge on any atom is -0.374 e. The van der Waals surface area contributed by atoms with Crippen LogP contribution in [0.25, 0.3) is 0 Å². The number of carbonyl (C=O) groups excluding carboxylic acids is 1. The Labute approximate surface area is 118 Å². The molecular formula is C14H19ClN2O2. The molecule has 4 nitrogen and oxygen atoms in total. The second kappa shape index (κ2) is 6.89. The Bertz CT molecular complexity index is 422. The van der Waals surface area contributed by atoms with Crippen molar-refractivity contribution in [1.82, 2.24) is 10.2 Å². The third kappa shape index (κ3) is 4.82. The van der Waals surface area contributed by atoms with Crippen LogP contribution in [0.2, 0.25) is 5.02 Å². The van der Waals surface area contributed by atoms with Crippen LogP contribution < -0.4 is 5.32 Å². The summed E-state index contributed by atoms with van der Waals surface area (Å²) in [6.07, 6.45) is 0.465. The van der Waals surface area contributed by atoms with Crippen LogP contribution >= 0.6 is 11.6 Å². The first-order valence-electron chi connectivity index (χ1n) is 6.45. The van der Waals surface area contributed by atoms with Crippen LogP contribution in [-0.2, 0) is 16.0 Å². The molecular weight excluding hydrogens is 264 g/mol. The fourth-order valence-electron chi connectivity index (χ4n) is 2.07. The molecule has 0 bridgehead atoms. The average Bonchev–Trinajstić information content (AvgIpc) is 2.39. The third-order valence-corrected chi connectivity index (χ3v) is 3.40. The lowest BCUT2D eigenvalue weighted by atomic mass is 10.1. The number of likely N-dealkylation sites (N-methyl/N-ethyl adjacent to an activating group) is 1. The number of hydrogen-bond donors (Lipinski definition) is 1. The Hall–Kier alpha value is -1.10. The van der Waals surface area contributed by atoms with Gasteiger partial charge in [0.05, 0.1) is 19.1 Å². The lowest BCUT2D eigenvalue weighted by Crippen LogP contribution is -2.46. The number of ether oxygens (including phenoxy) is 1. The number of nitrogens with zero attached hydrogens (tertiary/aromatic N) is 1. The second-order valence-electron chi connectivity index (χ2n) is 4.86. The molecule has 0 aliphatic carbocycles. The third-order valence-electron chi connectivity index (χ3n) is 3.15. The summed E-state index contributed by atoms with van der Waals surface area (Å²) in [7, 11) is 2.06. The molecule has 0 radical (unpaired) electrons. The van der Waals surface area contributed by atoms with Crippen molar-refractivity contribution in [2.45, 2.75) is 12.5 Å². The van der Waals surface area contributed by atoms with Gasteiger partial charge in [0.2, 0.25) is 5.91 Å². The van der Waals surface area contributed by atoms with Gasteiger partial charge in [-0.05, 0) is 24.7 Å². The van der Waals surface area contributed by atoms with Gasteiger partial charge in [0.25, 0.3) is 0 Å². The molecule has 1 amide bonds. The molecule has 1 aliphatic heterocycles. The summed E-state index contributed by atoms with van der Waals surface area (Å²) in [4.78, 5) is 14.0. The van der Waals surface area contributed by atoms with Gasteiger partial charge in [-0.15, -0.1) is 0 Å². The van der Waals surface area contributed by atoms with Crippen molar-refractivity contribution in [2.24, 2.45) is 0 Å². The summed E-state index contributed by atoms with van der Waals surface area (Å²) >= 11 is 5.80. The summed E-state index contributed by atoms with van der Waals surface area (Å²) in [5.74, 6) is 0.0131. The molecule has 104 valence electrons. The topological polar surface area (TPSA) is 41.6 Å². The van der Waals surface area contributed by atoms with Crippen molar-refractivity contribution >= 4 is 17.5 Å². The van der Waals surface area contributed by atoms with Crippen molar-refractivity contribution in [1.29, 1.82) is 0 Å². The Morgan fingerprint density at radius 2 is 2.21 bits per heavy atom. The Kier molecular flexibility index (Phi) is 5.19. The first kappa shape index (κ1) is 14.3. The van der Waals surface area contributed by atoms with E-state index in [0.717, 1.165) is 25.3 Å². The summed E-state index contributed by atoms with van der Waals surface area (Å²) in [5, 5.41) is 3.60. The molecule has 0 saturated carbocycles. The van der Waals surface area contributed by atoms with Crippen molar-refractivity contribution in [2.75, 3.05) is 33.3 Å². The summed E-state index contributed by atoms with van der Waals surface area (Å²) in [6, 6.07) is 7.33. The zero-order valence-corrected chi connectivity index (χ0v) is 11.8. The molecule has 1 saturated heterocycles. The standard InChI is InChI=1S/C14H19ClN2O2/c1-17-6-7-19-13(10-17)9-16-14(18)8-11-2-4-12(15)5-3-11/h2-5,13H,6-10H2,1H3,(H,16,18)/t13-/m0/s1. The van der Waals surface area contributed by atoms with Gasteiger partial charge in [0, 0.05) is 24.7 Å². The normalized spacial score (nSPS) is 20.2. The summed E-state index contributed by atoms with van der Waals surface area (Å²) in [6.45, 7) is 3.11. The number of amides is 1. The fraction of sp³-hybridized carbons (Fsp3) is 0.500. The number of halogens is 1. The van der Waals surface area contributed by atoms with Crippen LogP contribution in [0.3, 0.4) is 0 Å². The van der Waals surface area contributed by atoms with Gasteiger partial charge in [-0.3, -0.25) is 4.79 Å². The molecule has 1 atom stereocenters. The van der Waals surface area contributed by atoms with E-state index in [0.29, 0.717) is 18.0 Å². The molecule has 0 spiro atoms. The quantitative estimate of drug-likeness (QED) is 0.906. The zero-order valence-electron chi connectivity index (χ0n) is 11.1. The summed E-state index contributed by atoms with van der Waals surface area (Å²) < 4.78 is 5.59. The minimum atomic E-state index is 0.0131. The highest BCUT2D eigenvalue weighted by atomic mass is 35.5. The fourth-order valence-corrected chi connectivity index (χ4v) is 2.19. The highest BCUT2D eigenvalue weighted by Crippen LogP contribution is 2.10. The lowest BCUT2D eigenvalue weighted by Gasteiger charge is -2.30. The van der Waals surface area contributed by atoms with Crippen LogP contribution in [-0.4, -0.2) is 50.2 Å². The molecule has 1 aromatic rings. The molecule has 2 rings (SSSR count). The molecule has 1 aromatic carbocycles. The molecule has 19 heavy (non-hydrogen) atoms. The van der Waals surface area contributed by atoms with Crippen molar-refractivity contribution < 1.29 is 9.53 Å². The van der Waals surface area contributed by atoms with Crippen LogP contribution in [0.1, 0.15) is 5.56 Å². The van der Waals surface area contributed by atoms with Gasteiger partial charge in [-0.1, -0.05) is 23.7 Å². The Morgan fingerprint density at radius 1 is 1.47 bits per heavy atom. The van der Waals surface area contributed by atoms with E-state index in [1.807, 2.05) is 12.1 Å². The van der Waals surface area contributed by atoms with Crippen molar-refractivity contribution in [3.05, 3.63) is 34.9 Å². The van der Waals surface area contributed by atoms with Crippen LogP contribution in [0.15, 0.2) is 24.3 Å². The van der Waals surface area contributed by atoms with Crippen molar-refractivity contribution in [3.8, 4) is 0 Å². The average molecular weight is 283 g/mol. The van der Waals surface area contributed by atoms with E-state index in [4.69, 9.17) is 16.3 Å². The predicted molar refractivity (Wildman–Crippen MR) is 75.4 cm³/mol. The van der Waals surface area contributed by atoms with E-state index in [2.05, 4.69) is 17.3 Å². The van der Waals surface area contributed by atoms with E-state index in [1.54, 1.807) is 12.1 Å². The maximum atomic E-state index is 11.8. The largest absolute Gasteiger partial charge is 0.374 e. The molecule has 5 heteroatoms. The van der Waals surface area contributed by atoms with Crippen LogP contribution in [0.5, 0.6) is 0 Å². The summed E-state index contributed by atoms with van der Waals surface area (Å²) in [5.41, 5.74) is 0.962. The zero-order chi connectivity index (χ0) is 13.7. The van der Waals surface area contributed by atoms with E-state index >= 15 is 0 Å². The number of benzene rings is 1. The number of morpholine rings is 1. The van der Waals surface area contributed by atoms with Gasteiger partial charge in [0.1, 0.15) is 0 Å². The maximum absolute atomic E-state index is 11.8. The molecule has 0 unspecified atom stereocenters. The number of rotatable bonds is 4. The molecule has 1 heterocycles. The van der Waals surface area contributed by atoms with Gasteiger partial charge in [-0.2, -0.15) is 0 Å². The van der Waals surface area contributed by atoms with E-state index in [-0.39, 0.29) is 12.0 Å². The van der Waals surface area contributed by atoms with Crippen molar-refractivity contribution in [3.63, 3.8) is 0 Å². The SMILES string of the molecule is CN1CCO[C@@H](CNC(=O)Cc2ccc(Cl)cc2)C1. The minimum absolute atomic E-state index is 0.0131. The van der Waals surface area contributed by atoms with Gasteiger partial charge >= 0.3 is 0 Å². The number of hydrogen-bond acceptors (Lipinski definition) is 3. The highest BCUT2D eigenvalue weighted by molar-refractivity contribution is 6.30.